The summed E-state index contributed by atoms with van der Waals surface area (Å²) in [4.78, 5) is 6.96. The number of halogens is 1. The van der Waals surface area contributed by atoms with Crippen LogP contribution in [0.15, 0.2) is 24.3 Å². The van der Waals surface area contributed by atoms with Gasteiger partial charge in [0.05, 0.1) is 12.2 Å². The van der Waals surface area contributed by atoms with Crippen molar-refractivity contribution in [2.75, 3.05) is 13.6 Å². The molecule has 0 fully saturated rings. The van der Waals surface area contributed by atoms with E-state index >= 15 is 0 Å². The molecule has 1 aromatic carbocycles. The van der Waals surface area contributed by atoms with E-state index in [1.165, 1.54) is 17.8 Å². The average Bonchev–Trinajstić information content (AvgIpc) is 2.67. The molecule has 1 aromatic heterocycles. The van der Waals surface area contributed by atoms with Crippen molar-refractivity contribution in [3.05, 3.63) is 41.6 Å². The summed E-state index contributed by atoms with van der Waals surface area (Å²) >= 11 is 0. The fraction of sp³-hybridized carbons (Fsp3) is 0.357. The van der Waals surface area contributed by atoms with Gasteiger partial charge >= 0.3 is 0 Å². The third-order valence-corrected chi connectivity index (χ3v) is 3.53. The van der Waals surface area contributed by atoms with E-state index in [0.29, 0.717) is 0 Å². The molecule has 2 heterocycles. The van der Waals surface area contributed by atoms with E-state index < -0.39 is 0 Å². The molecule has 0 bridgehead atoms. The van der Waals surface area contributed by atoms with E-state index in [-0.39, 0.29) is 5.82 Å². The Bertz CT molecular complexity index is 571. The number of hydrogen-bond acceptors (Lipinski definition) is 2. The number of imidazole rings is 1. The molecule has 0 amide bonds. The van der Waals surface area contributed by atoms with Crippen molar-refractivity contribution < 1.29 is 4.39 Å². The molecule has 0 saturated heterocycles. The summed E-state index contributed by atoms with van der Waals surface area (Å²) in [5.41, 5.74) is 3.13. The largest absolute Gasteiger partial charge is 0.329 e. The van der Waals surface area contributed by atoms with E-state index in [4.69, 9.17) is 4.98 Å². The molecular formula is C14H16FN3. The van der Waals surface area contributed by atoms with Gasteiger partial charge < -0.3 is 4.57 Å². The third kappa shape index (κ3) is 1.82. The highest BCUT2D eigenvalue weighted by Crippen LogP contribution is 2.25. The lowest BCUT2D eigenvalue weighted by Gasteiger charge is -2.24. The van der Waals surface area contributed by atoms with E-state index in [1.807, 2.05) is 0 Å². The van der Waals surface area contributed by atoms with Gasteiger partial charge in [-0.15, -0.1) is 0 Å². The molecule has 0 radical (unpaired) electrons. The minimum Gasteiger partial charge on any atom is -0.329 e. The van der Waals surface area contributed by atoms with Crippen LogP contribution in [-0.4, -0.2) is 28.0 Å². The van der Waals surface area contributed by atoms with Gasteiger partial charge in [-0.25, -0.2) is 9.37 Å². The molecule has 0 aliphatic carbocycles. The summed E-state index contributed by atoms with van der Waals surface area (Å²) in [7, 11) is 2.10. The number of fused-ring (bicyclic) bond motifs is 1. The van der Waals surface area contributed by atoms with Gasteiger partial charge in [0, 0.05) is 24.3 Å². The van der Waals surface area contributed by atoms with Gasteiger partial charge in [0.25, 0.3) is 0 Å². The van der Waals surface area contributed by atoms with Crippen molar-refractivity contribution in [1.82, 2.24) is 14.5 Å². The fourth-order valence-corrected chi connectivity index (χ4v) is 2.48. The number of nitrogens with zero attached hydrogens (tertiary/aromatic N) is 3. The molecule has 4 heteroatoms. The quantitative estimate of drug-likeness (QED) is 0.769. The monoisotopic (exact) mass is 245 g/mol. The molecule has 0 saturated carbocycles. The second kappa shape index (κ2) is 4.21. The number of likely N-dealkylation sites (N-methyl/N-ethyl adjacent to an activating group) is 1. The van der Waals surface area contributed by atoms with Crippen molar-refractivity contribution >= 4 is 0 Å². The smallest absolute Gasteiger partial charge is 0.123 e. The van der Waals surface area contributed by atoms with Crippen molar-refractivity contribution in [2.45, 2.75) is 20.0 Å². The van der Waals surface area contributed by atoms with Gasteiger partial charge in [0.1, 0.15) is 11.6 Å². The van der Waals surface area contributed by atoms with Crippen LogP contribution in [0.25, 0.3) is 11.3 Å². The first-order valence-electron chi connectivity index (χ1n) is 6.15. The Kier molecular flexibility index (Phi) is 2.67. The zero-order valence-electron chi connectivity index (χ0n) is 10.7. The number of aromatic nitrogens is 2. The Morgan fingerprint density at radius 3 is 2.61 bits per heavy atom. The van der Waals surface area contributed by atoms with Gasteiger partial charge in [0.2, 0.25) is 0 Å². The highest BCUT2D eigenvalue weighted by Gasteiger charge is 2.20. The highest BCUT2D eigenvalue weighted by molar-refractivity contribution is 5.62. The summed E-state index contributed by atoms with van der Waals surface area (Å²) in [6, 6.07) is 6.55. The SMILES string of the molecule is Cc1c(-c2ccc(F)cc2)nc2n1CCN(C)C2. The first-order valence-corrected chi connectivity index (χ1v) is 6.15. The predicted octanol–water partition coefficient (Wildman–Crippen LogP) is 2.44. The number of rotatable bonds is 1. The minimum atomic E-state index is -0.208. The predicted molar refractivity (Wildman–Crippen MR) is 68.7 cm³/mol. The molecule has 94 valence electrons. The van der Waals surface area contributed by atoms with E-state index in [1.54, 1.807) is 12.1 Å². The van der Waals surface area contributed by atoms with Gasteiger partial charge in [-0.3, -0.25) is 4.90 Å². The van der Waals surface area contributed by atoms with Crippen LogP contribution in [-0.2, 0) is 13.1 Å². The number of hydrogen-bond donors (Lipinski definition) is 0. The van der Waals surface area contributed by atoms with Crippen LogP contribution in [0.2, 0.25) is 0 Å². The Hall–Kier alpha value is -1.68. The lowest BCUT2D eigenvalue weighted by atomic mass is 10.1. The molecule has 18 heavy (non-hydrogen) atoms. The third-order valence-electron chi connectivity index (χ3n) is 3.53. The van der Waals surface area contributed by atoms with Crippen LogP contribution < -0.4 is 0 Å². The van der Waals surface area contributed by atoms with Crippen LogP contribution in [0.3, 0.4) is 0 Å². The number of benzene rings is 1. The average molecular weight is 245 g/mol. The second-order valence-corrected chi connectivity index (χ2v) is 4.86. The molecule has 0 unspecified atom stereocenters. The Labute approximate surface area is 106 Å². The standard InChI is InChI=1S/C14H16FN3/c1-10-14(11-3-5-12(15)6-4-11)16-13-9-17(2)7-8-18(10)13/h3-6H,7-9H2,1-2H3. The molecule has 3 rings (SSSR count). The zero-order chi connectivity index (χ0) is 12.7. The minimum absolute atomic E-state index is 0.208. The van der Waals surface area contributed by atoms with E-state index in [0.717, 1.165) is 36.7 Å². The lowest BCUT2D eigenvalue weighted by molar-refractivity contribution is 0.263. The molecule has 0 N–H and O–H groups in total. The normalized spacial score (nSPS) is 15.7. The van der Waals surface area contributed by atoms with Gasteiger partial charge in [0.15, 0.2) is 0 Å². The topological polar surface area (TPSA) is 21.1 Å². The van der Waals surface area contributed by atoms with E-state index in [9.17, 15) is 4.39 Å². The van der Waals surface area contributed by atoms with Crippen molar-refractivity contribution in [1.29, 1.82) is 0 Å². The van der Waals surface area contributed by atoms with Crippen LogP contribution in [0.1, 0.15) is 11.5 Å². The molecule has 1 aliphatic heterocycles. The van der Waals surface area contributed by atoms with E-state index in [2.05, 4.69) is 23.4 Å². The summed E-state index contributed by atoms with van der Waals surface area (Å²) < 4.78 is 15.2. The second-order valence-electron chi connectivity index (χ2n) is 4.86. The lowest BCUT2D eigenvalue weighted by Crippen LogP contribution is -2.30. The fourth-order valence-electron chi connectivity index (χ4n) is 2.48. The summed E-state index contributed by atoms with van der Waals surface area (Å²) in [5.74, 6) is 0.890. The first kappa shape index (κ1) is 11.4. The summed E-state index contributed by atoms with van der Waals surface area (Å²) in [6.45, 7) is 4.99. The zero-order valence-corrected chi connectivity index (χ0v) is 10.7. The summed E-state index contributed by atoms with van der Waals surface area (Å²) in [6.07, 6.45) is 0. The van der Waals surface area contributed by atoms with Crippen LogP contribution in [0, 0.1) is 12.7 Å². The molecule has 1 aliphatic rings. The molecule has 0 atom stereocenters. The Morgan fingerprint density at radius 1 is 1.17 bits per heavy atom. The van der Waals surface area contributed by atoms with Gasteiger partial charge in [-0.05, 0) is 38.2 Å². The highest BCUT2D eigenvalue weighted by atomic mass is 19.1. The van der Waals surface area contributed by atoms with Crippen LogP contribution in [0.4, 0.5) is 4.39 Å². The summed E-state index contributed by atoms with van der Waals surface area (Å²) in [5, 5.41) is 0. The van der Waals surface area contributed by atoms with Crippen molar-refractivity contribution in [3.8, 4) is 11.3 Å². The maximum Gasteiger partial charge on any atom is 0.123 e. The van der Waals surface area contributed by atoms with Crippen molar-refractivity contribution in [3.63, 3.8) is 0 Å². The first-order chi connectivity index (χ1) is 8.65. The Balaban J connectivity index is 2.06. The molecular weight excluding hydrogens is 229 g/mol. The Morgan fingerprint density at radius 2 is 1.89 bits per heavy atom. The molecule has 2 aromatic rings. The van der Waals surface area contributed by atoms with Gasteiger partial charge in [-0.1, -0.05) is 0 Å². The van der Waals surface area contributed by atoms with Crippen LogP contribution in [0.5, 0.6) is 0 Å². The van der Waals surface area contributed by atoms with Gasteiger partial charge in [-0.2, -0.15) is 0 Å². The molecule has 3 nitrogen and oxygen atoms in total. The maximum absolute atomic E-state index is 12.9. The van der Waals surface area contributed by atoms with Crippen molar-refractivity contribution in [2.24, 2.45) is 0 Å². The molecule has 0 spiro atoms. The van der Waals surface area contributed by atoms with Crippen LogP contribution >= 0.6 is 0 Å². The maximum atomic E-state index is 12.9.